The van der Waals surface area contributed by atoms with Gasteiger partial charge in [0.1, 0.15) is 5.82 Å². The maximum atomic E-state index is 8.82. The molecule has 4 heteroatoms. The summed E-state index contributed by atoms with van der Waals surface area (Å²) < 4.78 is 0. The van der Waals surface area contributed by atoms with E-state index in [2.05, 4.69) is 22.2 Å². The number of rotatable bonds is 5. The van der Waals surface area contributed by atoms with Crippen LogP contribution in [0.4, 0.5) is 5.82 Å². The van der Waals surface area contributed by atoms with Gasteiger partial charge in [0.15, 0.2) is 0 Å². The second-order valence-electron chi connectivity index (χ2n) is 4.24. The molecule has 90 valence electrons. The largest absolute Gasteiger partial charge is 0.396 e. The first-order chi connectivity index (χ1) is 8.29. The molecule has 0 radical (unpaired) electrons. The zero-order chi connectivity index (χ0) is 12.1. The molecule has 0 aliphatic rings. The van der Waals surface area contributed by atoms with E-state index in [0.717, 1.165) is 29.8 Å². The van der Waals surface area contributed by atoms with Gasteiger partial charge in [-0.1, -0.05) is 19.1 Å². The Hall–Kier alpha value is -1.68. The standard InChI is InChI=1S/C13H17N3O/c1-10(6-7-17)8-15-13-9-14-11-4-2-3-5-12(11)16-13/h2-5,9-10,17H,6-8H2,1H3,(H,15,16). The van der Waals surface area contributed by atoms with Crippen LogP contribution in [0.1, 0.15) is 13.3 Å². The highest BCUT2D eigenvalue weighted by molar-refractivity contribution is 5.75. The Labute approximate surface area is 101 Å². The summed E-state index contributed by atoms with van der Waals surface area (Å²) in [5.74, 6) is 1.21. The van der Waals surface area contributed by atoms with Gasteiger partial charge in [-0.05, 0) is 24.5 Å². The molecule has 1 aromatic carbocycles. The van der Waals surface area contributed by atoms with Crippen molar-refractivity contribution in [1.29, 1.82) is 0 Å². The van der Waals surface area contributed by atoms with Crippen molar-refractivity contribution in [2.45, 2.75) is 13.3 Å². The number of hydrogen-bond donors (Lipinski definition) is 2. The number of nitrogens with zero attached hydrogens (tertiary/aromatic N) is 2. The molecule has 0 spiro atoms. The molecule has 0 fully saturated rings. The predicted octanol–water partition coefficient (Wildman–Crippen LogP) is 2.06. The topological polar surface area (TPSA) is 58.0 Å². The van der Waals surface area contributed by atoms with Gasteiger partial charge in [0.05, 0.1) is 17.2 Å². The third-order valence-electron chi connectivity index (χ3n) is 2.70. The number of fused-ring (bicyclic) bond motifs is 1. The van der Waals surface area contributed by atoms with E-state index in [4.69, 9.17) is 5.11 Å². The maximum Gasteiger partial charge on any atom is 0.145 e. The van der Waals surface area contributed by atoms with Gasteiger partial charge >= 0.3 is 0 Å². The van der Waals surface area contributed by atoms with Crippen molar-refractivity contribution < 1.29 is 5.11 Å². The zero-order valence-corrected chi connectivity index (χ0v) is 9.93. The molecule has 2 rings (SSSR count). The molecule has 2 N–H and O–H groups in total. The number of benzene rings is 1. The molecule has 1 heterocycles. The van der Waals surface area contributed by atoms with Crippen LogP contribution in [0.25, 0.3) is 11.0 Å². The molecule has 4 nitrogen and oxygen atoms in total. The summed E-state index contributed by atoms with van der Waals surface area (Å²) in [5, 5.41) is 12.1. The van der Waals surface area contributed by atoms with E-state index in [-0.39, 0.29) is 6.61 Å². The van der Waals surface area contributed by atoms with E-state index in [1.54, 1.807) is 6.20 Å². The van der Waals surface area contributed by atoms with Gasteiger partial charge in [0.25, 0.3) is 0 Å². The van der Waals surface area contributed by atoms with Crippen molar-refractivity contribution >= 4 is 16.9 Å². The predicted molar refractivity (Wildman–Crippen MR) is 68.9 cm³/mol. The smallest absolute Gasteiger partial charge is 0.145 e. The van der Waals surface area contributed by atoms with Crippen LogP contribution < -0.4 is 5.32 Å². The highest BCUT2D eigenvalue weighted by Crippen LogP contribution is 2.12. The molecule has 1 atom stereocenters. The lowest BCUT2D eigenvalue weighted by Crippen LogP contribution is -2.13. The molecule has 17 heavy (non-hydrogen) atoms. The Balaban J connectivity index is 2.04. The summed E-state index contributed by atoms with van der Waals surface area (Å²) >= 11 is 0. The van der Waals surface area contributed by atoms with Crippen LogP contribution in [0.15, 0.2) is 30.5 Å². The Morgan fingerprint density at radius 3 is 2.82 bits per heavy atom. The quantitative estimate of drug-likeness (QED) is 0.827. The van der Waals surface area contributed by atoms with Gasteiger partial charge in [0.2, 0.25) is 0 Å². The minimum atomic E-state index is 0.228. The first-order valence-corrected chi connectivity index (χ1v) is 5.86. The van der Waals surface area contributed by atoms with Gasteiger partial charge in [-0.25, -0.2) is 4.98 Å². The summed E-state index contributed by atoms with van der Waals surface area (Å²) in [6.45, 7) is 3.12. The number of para-hydroxylation sites is 2. The highest BCUT2D eigenvalue weighted by atomic mass is 16.3. The van der Waals surface area contributed by atoms with E-state index in [9.17, 15) is 0 Å². The number of nitrogens with one attached hydrogen (secondary N) is 1. The Morgan fingerprint density at radius 2 is 2.06 bits per heavy atom. The van der Waals surface area contributed by atoms with Gasteiger partial charge in [-0.3, -0.25) is 4.98 Å². The minimum Gasteiger partial charge on any atom is -0.396 e. The SMILES string of the molecule is CC(CCO)CNc1cnc2ccccc2n1. The van der Waals surface area contributed by atoms with Crippen LogP contribution in [0.5, 0.6) is 0 Å². The molecule has 0 amide bonds. The fourth-order valence-electron chi connectivity index (χ4n) is 1.64. The van der Waals surface area contributed by atoms with Gasteiger partial charge in [0, 0.05) is 13.2 Å². The first kappa shape index (κ1) is 11.8. The number of aromatic nitrogens is 2. The van der Waals surface area contributed by atoms with Crippen LogP contribution in [-0.2, 0) is 0 Å². The first-order valence-electron chi connectivity index (χ1n) is 5.86. The van der Waals surface area contributed by atoms with Gasteiger partial charge in [-0.15, -0.1) is 0 Å². The van der Waals surface area contributed by atoms with E-state index in [0.29, 0.717) is 5.92 Å². The van der Waals surface area contributed by atoms with Crippen LogP contribution in [0.3, 0.4) is 0 Å². The van der Waals surface area contributed by atoms with E-state index in [1.165, 1.54) is 0 Å². The van der Waals surface area contributed by atoms with Crippen LogP contribution in [0, 0.1) is 5.92 Å². The summed E-state index contributed by atoms with van der Waals surface area (Å²) in [4.78, 5) is 8.80. The summed E-state index contributed by atoms with van der Waals surface area (Å²) in [7, 11) is 0. The third kappa shape index (κ3) is 3.14. The fraction of sp³-hybridized carbons (Fsp3) is 0.385. The van der Waals surface area contributed by atoms with Gasteiger partial charge < -0.3 is 10.4 Å². The van der Waals surface area contributed by atoms with Crippen LogP contribution in [0.2, 0.25) is 0 Å². The molecule has 0 aliphatic heterocycles. The van der Waals surface area contributed by atoms with Crippen LogP contribution >= 0.6 is 0 Å². The minimum absolute atomic E-state index is 0.228. The Bertz CT molecular complexity index is 487. The van der Waals surface area contributed by atoms with Crippen molar-refractivity contribution in [2.24, 2.45) is 5.92 Å². The van der Waals surface area contributed by atoms with Crippen molar-refractivity contribution in [2.75, 3.05) is 18.5 Å². The fourth-order valence-corrected chi connectivity index (χ4v) is 1.64. The monoisotopic (exact) mass is 231 g/mol. The summed E-state index contributed by atoms with van der Waals surface area (Å²) in [5.41, 5.74) is 1.80. The number of aliphatic hydroxyl groups excluding tert-OH is 1. The van der Waals surface area contributed by atoms with Crippen molar-refractivity contribution in [3.63, 3.8) is 0 Å². The number of anilines is 1. The molecule has 0 saturated heterocycles. The maximum absolute atomic E-state index is 8.82. The zero-order valence-electron chi connectivity index (χ0n) is 9.93. The summed E-state index contributed by atoms with van der Waals surface area (Å²) in [6, 6.07) is 7.80. The molecule has 0 saturated carbocycles. The third-order valence-corrected chi connectivity index (χ3v) is 2.70. The average molecular weight is 231 g/mol. The van der Waals surface area contributed by atoms with E-state index < -0.39 is 0 Å². The molecule has 2 aromatic rings. The molecule has 0 aliphatic carbocycles. The Kier molecular flexibility index (Phi) is 3.88. The summed E-state index contributed by atoms with van der Waals surface area (Å²) in [6.07, 6.45) is 2.54. The molecular formula is C13H17N3O. The van der Waals surface area contributed by atoms with E-state index >= 15 is 0 Å². The van der Waals surface area contributed by atoms with Crippen molar-refractivity contribution in [3.8, 4) is 0 Å². The molecule has 1 aromatic heterocycles. The molecule has 1 unspecified atom stereocenters. The van der Waals surface area contributed by atoms with E-state index in [1.807, 2.05) is 24.3 Å². The highest BCUT2D eigenvalue weighted by Gasteiger charge is 2.02. The van der Waals surface area contributed by atoms with Gasteiger partial charge in [-0.2, -0.15) is 0 Å². The molecular weight excluding hydrogens is 214 g/mol. The van der Waals surface area contributed by atoms with Crippen molar-refractivity contribution in [1.82, 2.24) is 9.97 Å². The number of hydrogen-bond acceptors (Lipinski definition) is 4. The molecule has 0 bridgehead atoms. The normalized spacial score (nSPS) is 12.6. The lowest BCUT2D eigenvalue weighted by Gasteiger charge is -2.11. The average Bonchev–Trinajstić information content (AvgIpc) is 2.36. The lowest BCUT2D eigenvalue weighted by molar-refractivity contribution is 0.266. The Morgan fingerprint density at radius 1 is 1.29 bits per heavy atom. The van der Waals surface area contributed by atoms with Crippen molar-refractivity contribution in [3.05, 3.63) is 30.5 Å². The number of aliphatic hydroxyl groups is 1. The lowest BCUT2D eigenvalue weighted by atomic mass is 10.1. The second kappa shape index (κ2) is 5.59. The second-order valence-corrected chi connectivity index (χ2v) is 4.24. The van der Waals surface area contributed by atoms with Crippen LogP contribution in [-0.4, -0.2) is 28.2 Å².